The van der Waals surface area contributed by atoms with E-state index in [9.17, 15) is 23.5 Å². The Kier molecular flexibility index (Phi) is 8.13. The highest BCUT2D eigenvalue weighted by Crippen LogP contribution is 2.29. The van der Waals surface area contributed by atoms with Crippen LogP contribution in [0, 0.1) is 5.82 Å². The predicted molar refractivity (Wildman–Crippen MR) is 117 cm³/mol. The Morgan fingerprint density at radius 2 is 2.03 bits per heavy atom. The molecule has 2 amide bonds. The molecule has 1 aliphatic rings. The van der Waals surface area contributed by atoms with E-state index in [1.807, 2.05) is 0 Å². The summed E-state index contributed by atoms with van der Waals surface area (Å²) >= 11 is 0. The van der Waals surface area contributed by atoms with Gasteiger partial charge in [-0.2, -0.15) is 0 Å². The number of halogens is 2. The first kappa shape index (κ1) is 23.6. The number of aliphatic hydroxyl groups is 1. The first-order chi connectivity index (χ1) is 15.4. The third kappa shape index (κ3) is 6.02. The second-order valence-corrected chi connectivity index (χ2v) is 7.60. The molecule has 7 nitrogen and oxygen atoms in total. The number of carbonyl (C=O) groups is 2. The van der Waals surface area contributed by atoms with Crippen LogP contribution in [0.4, 0.5) is 19.3 Å². The van der Waals surface area contributed by atoms with E-state index in [0.29, 0.717) is 41.9 Å². The number of rotatable bonds is 10. The number of cyclic esters (lactones) is 1. The SMILES string of the molecule is CC(=O)NCC1CN(c2ccc(-c3ccc([C@H](O)CNCCCF)cc3)c(F)c2)C(=O)O1. The van der Waals surface area contributed by atoms with E-state index in [-0.39, 0.29) is 19.0 Å². The van der Waals surface area contributed by atoms with Gasteiger partial charge in [-0.05, 0) is 42.3 Å². The minimum Gasteiger partial charge on any atom is -0.442 e. The van der Waals surface area contributed by atoms with Crippen molar-refractivity contribution in [3.63, 3.8) is 0 Å². The summed E-state index contributed by atoms with van der Waals surface area (Å²) in [6.07, 6.45) is -1.44. The van der Waals surface area contributed by atoms with Gasteiger partial charge in [0.15, 0.2) is 0 Å². The molecule has 1 unspecified atom stereocenters. The molecule has 0 aromatic heterocycles. The van der Waals surface area contributed by atoms with Gasteiger partial charge in [-0.3, -0.25) is 14.1 Å². The predicted octanol–water partition coefficient (Wildman–Crippen LogP) is 2.94. The molecule has 0 saturated carbocycles. The summed E-state index contributed by atoms with van der Waals surface area (Å²) in [5.41, 5.74) is 2.03. The van der Waals surface area contributed by atoms with Gasteiger partial charge in [0.05, 0.1) is 31.6 Å². The Hall–Kier alpha value is -3.04. The summed E-state index contributed by atoms with van der Waals surface area (Å²) in [6, 6.07) is 11.4. The third-order valence-corrected chi connectivity index (χ3v) is 5.15. The first-order valence-electron chi connectivity index (χ1n) is 10.5. The zero-order valence-electron chi connectivity index (χ0n) is 17.8. The Morgan fingerprint density at radius 3 is 2.69 bits per heavy atom. The van der Waals surface area contributed by atoms with Crippen molar-refractivity contribution in [2.45, 2.75) is 25.6 Å². The Morgan fingerprint density at radius 1 is 1.28 bits per heavy atom. The van der Waals surface area contributed by atoms with Crippen LogP contribution in [0.2, 0.25) is 0 Å². The largest absolute Gasteiger partial charge is 0.442 e. The van der Waals surface area contributed by atoms with Crippen LogP contribution in [-0.2, 0) is 9.53 Å². The maximum absolute atomic E-state index is 14.8. The monoisotopic (exact) mass is 447 g/mol. The van der Waals surface area contributed by atoms with E-state index < -0.39 is 30.8 Å². The molecule has 0 aliphatic carbocycles. The highest BCUT2D eigenvalue weighted by atomic mass is 19.1. The van der Waals surface area contributed by atoms with Crippen LogP contribution in [0.25, 0.3) is 11.1 Å². The molecule has 1 heterocycles. The maximum atomic E-state index is 14.8. The zero-order valence-corrected chi connectivity index (χ0v) is 17.8. The number of alkyl halides is 1. The summed E-state index contributed by atoms with van der Waals surface area (Å²) < 4.78 is 32.2. The molecule has 1 aliphatic heterocycles. The van der Waals surface area contributed by atoms with Gasteiger partial charge in [-0.15, -0.1) is 0 Å². The number of ether oxygens (including phenoxy) is 1. The van der Waals surface area contributed by atoms with Gasteiger partial charge in [0.1, 0.15) is 11.9 Å². The van der Waals surface area contributed by atoms with Crippen LogP contribution in [-0.4, -0.2) is 56.1 Å². The molecule has 9 heteroatoms. The minimum absolute atomic E-state index is 0.196. The van der Waals surface area contributed by atoms with Gasteiger partial charge in [0.2, 0.25) is 5.91 Å². The summed E-state index contributed by atoms with van der Waals surface area (Å²) in [5.74, 6) is -0.719. The Labute approximate surface area is 185 Å². The van der Waals surface area contributed by atoms with Crippen molar-refractivity contribution in [1.29, 1.82) is 0 Å². The normalized spacial score (nSPS) is 16.7. The van der Waals surface area contributed by atoms with Crippen LogP contribution < -0.4 is 15.5 Å². The van der Waals surface area contributed by atoms with Crippen molar-refractivity contribution in [1.82, 2.24) is 10.6 Å². The van der Waals surface area contributed by atoms with Crippen molar-refractivity contribution in [2.75, 3.05) is 37.8 Å². The molecule has 3 rings (SSSR count). The van der Waals surface area contributed by atoms with E-state index in [1.54, 1.807) is 36.4 Å². The lowest BCUT2D eigenvalue weighted by Gasteiger charge is -2.15. The summed E-state index contributed by atoms with van der Waals surface area (Å²) in [5, 5.41) is 15.8. The second kappa shape index (κ2) is 11.0. The van der Waals surface area contributed by atoms with E-state index in [4.69, 9.17) is 4.74 Å². The van der Waals surface area contributed by atoms with Gasteiger partial charge in [0.25, 0.3) is 0 Å². The quantitative estimate of drug-likeness (QED) is 0.487. The molecule has 172 valence electrons. The summed E-state index contributed by atoms with van der Waals surface area (Å²) in [6.45, 7) is 2.17. The molecular formula is C23H27F2N3O4. The molecule has 2 aromatic rings. The van der Waals surface area contributed by atoms with Crippen LogP contribution in [0.5, 0.6) is 0 Å². The van der Waals surface area contributed by atoms with Crippen molar-refractivity contribution in [3.05, 3.63) is 53.8 Å². The topological polar surface area (TPSA) is 90.9 Å². The molecule has 1 fully saturated rings. The number of hydrogen-bond acceptors (Lipinski definition) is 5. The van der Waals surface area contributed by atoms with Gasteiger partial charge >= 0.3 is 6.09 Å². The lowest BCUT2D eigenvalue weighted by molar-refractivity contribution is -0.119. The molecule has 2 atom stereocenters. The summed E-state index contributed by atoms with van der Waals surface area (Å²) in [4.78, 5) is 24.5. The average Bonchev–Trinajstić information content (AvgIpc) is 3.16. The van der Waals surface area contributed by atoms with Crippen LogP contribution in [0.15, 0.2) is 42.5 Å². The zero-order chi connectivity index (χ0) is 23.1. The molecule has 0 radical (unpaired) electrons. The number of nitrogens with zero attached hydrogens (tertiary/aromatic N) is 1. The van der Waals surface area contributed by atoms with E-state index in [2.05, 4.69) is 10.6 Å². The third-order valence-electron chi connectivity index (χ3n) is 5.15. The Balaban J connectivity index is 1.65. The fourth-order valence-electron chi connectivity index (χ4n) is 3.44. The van der Waals surface area contributed by atoms with Crippen LogP contribution in [0.3, 0.4) is 0 Å². The van der Waals surface area contributed by atoms with Gasteiger partial charge in [-0.1, -0.05) is 24.3 Å². The lowest BCUT2D eigenvalue weighted by Crippen LogP contribution is -2.33. The average molecular weight is 447 g/mol. The van der Waals surface area contributed by atoms with Gasteiger partial charge in [-0.25, -0.2) is 9.18 Å². The van der Waals surface area contributed by atoms with Gasteiger partial charge in [0, 0.05) is 19.0 Å². The van der Waals surface area contributed by atoms with Crippen molar-refractivity contribution < 1.29 is 28.2 Å². The second-order valence-electron chi connectivity index (χ2n) is 7.60. The van der Waals surface area contributed by atoms with Crippen molar-refractivity contribution >= 4 is 17.7 Å². The standard InChI is InChI=1S/C23H27F2N3O4/c1-15(29)27-12-19-14-28(23(31)32-19)18-7-8-20(21(25)11-18)16-3-5-17(6-4-16)22(30)13-26-10-2-9-24/h3-8,11,19,22,26,30H,2,9-10,12-14H2,1H3,(H,27,29)/t19?,22-/m1/s1. The fraction of sp³-hybridized carbons (Fsp3) is 0.391. The molecular weight excluding hydrogens is 420 g/mol. The van der Waals surface area contributed by atoms with Crippen LogP contribution in [0.1, 0.15) is 25.0 Å². The number of nitrogens with one attached hydrogen (secondary N) is 2. The smallest absolute Gasteiger partial charge is 0.414 e. The molecule has 3 N–H and O–H groups in total. The maximum Gasteiger partial charge on any atom is 0.414 e. The molecule has 0 bridgehead atoms. The van der Waals surface area contributed by atoms with Crippen molar-refractivity contribution in [2.24, 2.45) is 0 Å². The number of carbonyl (C=O) groups excluding carboxylic acids is 2. The molecule has 32 heavy (non-hydrogen) atoms. The lowest BCUT2D eigenvalue weighted by atomic mass is 10.0. The fourth-order valence-corrected chi connectivity index (χ4v) is 3.44. The van der Waals surface area contributed by atoms with E-state index in [0.717, 1.165) is 0 Å². The number of aliphatic hydroxyl groups excluding tert-OH is 1. The highest BCUT2D eigenvalue weighted by molar-refractivity contribution is 5.90. The number of amides is 2. The number of hydrogen-bond donors (Lipinski definition) is 3. The minimum atomic E-state index is -0.748. The molecule has 1 saturated heterocycles. The van der Waals surface area contributed by atoms with Gasteiger partial charge < -0.3 is 20.5 Å². The number of benzene rings is 2. The Bertz CT molecular complexity index is 939. The van der Waals surface area contributed by atoms with E-state index in [1.165, 1.54) is 17.9 Å². The molecule has 2 aromatic carbocycles. The first-order valence-corrected chi connectivity index (χ1v) is 10.5. The number of anilines is 1. The summed E-state index contributed by atoms with van der Waals surface area (Å²) in [7, 11) is 0. The van der Waals surface area contributed by atoms with E-state index >= 15 is 0 Å². The van der Waals surface area contributed by atoms with Crippen molar-refractivity contribution in [3.8, 4) is 11.1 Å². The highest BCUT2D eigenvalue weighted by Gasteiger charge is 2.32. The van der Waals surface area contributed by atoms with Crippen LogP contribution >= 0.6 is 0 Å². The molecule has 0 spiro atoms.